The molecule has 0 aliphatic carbocycles. The number of amides is 1. The second-order valence-electron chi connectivity index (χ2n) is 4.25. The van der Waals surface area contributed by atoms with Crippen molar-refractivity contribution in [2.45, 2.75) is 13.0 Å². The molecular weight excluding hydrogens is 260 g/mol. The van der Waals surface area contributed by atoms with E-state index >= 15 is 0 Å². The summed E-state index contributed by atoms with van der Waals surface area (Å²) in [4.78, 5) is 11.0. The van der Waals surface area contributed by atoms with Crippen molar-refractivity contribution in [3.63, 3.8) is 0 Å². The Morgan fingerprint density at radius 1 is 1.05 bits per heavy atom. The van der Waals surface area contributed by atoms with E-state index in [0.29, 0.717) is 6.54 Å². The van der Waals surface area contributed by atoms with E-state index in [0.717, 1.165) is 21.8 Å². The molecule has 4 heteroatoms. The number of hydrogen-bond donors (Lipinski definition) is 2. The van der Waals surface area contributed by atoms with Gasteiger partial charge in [-0.25, -0.2) is 0 Å². The molecule has 0 bridgehead atoms. The van der Waals surface area contributed by atoms with E-state index in [9.17, 15) is 4.79 Å². The molecule has 0 aromatic heterocycles. The van der Waals surface area contributed by atoms with Crippen molar-refractivity contribution >= 4 is 23.2 Å². The second-order valence-corrected chi connectivity index (χ2v) is 4.65. The van der Waals surface area contributed by atoms with Crippen molar-refractivity contribution in [1.82, 2.24) is 0 Å². The minimum atomic E-state index is -0.341. The van der Waals surface area contributed by atoms with Crippen LogP contribution >= 0.6 is 11.6 Å². The first-order valence-electron chi connectivity index (χ1n) is 6.00. The molecule has 2 aromatic rings. The van der Waals surface area contributed by atoms with Crippen LogP contribution in [0.2, 0.25) is 5.02 Å². The van der Waals surface area contributed by atoms with Gasteiger partial charge in [0.15, 0.2) is 0 Å². The van der Waals surface area contributed by atoms with Crippen LogP contribution in [0, 0.1) is 0 Å². The van der Waals surface area contributed by atoms with E-state index in [1.807, 2.05) is 48.5 Å². The SMILES string of the molecule is NC(=O)Cc1ccccc1NCc1ccccc1Cl. The molecule has 2 aromatic carbocycles. The summed E-state index contributed by atoms with van der Waals surface area (Å²) in [5.74, 6) is -0.341. The highest BCUT2D eigenvalue weighted by Crippen LogP contribution is 2.19. The van der Waals surface area contributed by atoms with E-state index in [4.69, 9.17) is 17.3 Å². The van der Waals surface area contributed by atoms with E-state index in [1.165, 1.54) is 0 Å². The standard InChI is InChI=1S/C15H15ClN2O/c16-13-7-3-1-6-12(13)10-18-14-8-4-2-5-11(14)9-15(17)19/h1-8,18H,9-10H2,(H2,17,19). The molecule has 0 spiro atoms. The fourth-order valence-corrected chi connectivity index (χ4v) is 2.07. The summed E-state index contributed by atoms with van der Waals surface area (Å²) in [5.41, 5.74) is 8.04. The lowest BCUT2D eigenvalue weighted by Crippen LogP contribution is -2.15. The molecule has 3 N–H and O–H groups in total. The highest BCUT2D eigenvalue weighted by atomic mass is 35.5. The Hall–Kier alpha value is -2.00. The maximum atomic E-state index is 11.0. The van der Waals surface area contributed by atoms with Gasteiger partial charge in [-0.3, -0.25) is 4.79 Å². The molecule has 1 amide bonds. The van der Waals surface area contributed by atoms with Gasteiger partial charge in [0.1, 0.15) is 0 Å². The number of carbonyl (C=O) groups is 1. The average Bonchev–Trinajstić information content (AvgIpc) is 2.39. The van der Waals surface area contributed by atoms with Crippen LogP contribution in [0.5, 0.6) is 0 Å². The smallest absolute Gasteiger partial charge is 0.221 e. The molecule has 0 saturated carbocycles. The molecule has 0 heterocycles. The topological polar surface area (TPSA) is 55.1 Å². The Bertz CT molecular complexity index is 584. The fraction of sp³-hybridized carbons (Fsp3) is 0.133. The summed E-state index contributed by atoms with van der Waals surface area (Å²) in [6.07, 6.45) is 0.228. The number of rotatable bonds is 5. The molecule has 98 valence electrons. The highest BCUT2D eigenvalue weighted by Gasteiger charge is 2.05. The van der Waals surface area contributed by atoms with Crippen molar-refractivity contribution in [3.05, 3.63) is 64.7 Å². The monoisotopic (exact) mass is 274 g/mol. The third-order valence-electron chi connectivity index (χ3n) is 2.81. The molecule has 0 fully saturated rings. The Morgan fingerprint density at radius 2 is 1.68 bits per heavy atom. The van der Waals surface area contributed by atoms with Gasteiger partial charge in [-0.2, -0.15) is 0 Å². The summed E-state index contributed by atoms with van der Waals surface area (Å²) in [7, 11) is 0. The zero-order valence-electron chi connectivity index (χ0n) is 10.4. The number of anilines is 1. The zero-order valence-corrected chi connectivity index (χ0v) is 11.2. The third-order valence-corrected chi connectivity index (χ3v) is 3.18. The van der Waals surface area contributed by atoms with Crippen molar-refractivity contribution in [1.29, 1.82) is 0 Å². The first-order chi connectivity index (χ1) is 9.16. The molecule has 3 nitrogen and oxygen atoms in total. The van der Waals surface area contributed by atoms with Crippen molar-refractivity contribution < 1.29 is 4.79 Å². The fourth-order valence-electron chi connectivity index (χ4n) is 1.87. The van der Waals surface area contributed by atoms with Crippen molar-refractivity contribution in [2.24, 2.45) is 5.73 Å². The highest BCUT2D eigenvalue weighted by molar-refractivity contribution is 6.31. The molecule has 19 heavy (non-hydrogen) atoms. The van der Waals surface area contributed by atoms with Crippen LogP contribution in [0.3, 0.4) is 0 Å². The summed E-state index contributed by atoms with van der Waals surface area (Å²) >= 11 is 6.10. The van der Waals surface area contributed by atoms with E-state index in [2.05, 4.69) is 5.32 Å². The van der Waals surface area contributed by atoms with Crippen LogP contribution in [0.25, 0.3) is 0 Å². The van der Waals surface area contributed by atoms with Gasteiger partial charge >= 0.3 is 0 Å². The van der Waals surface area contributed by atoms with Gasteiger partial charge in [0.05, 0.1) is 6.42 Å². The lowest BCUT2D eigenvalue weighted by Gasteiger charge is -2.11. The molecule has 0 aliphatic heterocycles. The van der Waals surface area contributed by atoms with Crippen molar-refractivity contribution in [3.8, 4) is 0 Å². The zero-order chi connectivity index (χ0) is 13.7. The van der Waals surface area contributed by atoms with Crippen LogP contribution < -0.4 is 11.1 Å². The number of benzene rings is 2. The Morgan fingerprint density at radius 3 is 2.37 bits per heavy atom. The number of primary amides is 1. The third kappa shape index (κ3) is 3.73. The lowest BCUT2D eigenvalue weighted by molar-refractivity contribution is -0.117. The van der Waals surface area contributed by atoms with E-state index in [-0.39, 0.29) is 12.3 Å². The summed E-state index contributed by atoms with van der Waals surface area (Å²) in [6.45, 7) is 0.607. The van der Waals surface area contributed by atoms with Gasteiger partial charge in [0.2, 0.25) is 5.91 Å². The first kappa shape index (κ1) is 13.4. The number of hydrogen-bond acceptors (Lipinski definition) is 2. The Kier molecular flexibility index (Phi) is 4.42. The summed E-state index contributed by atoms with van der Waals surface area (Å²) < 4.78 is 0. The molecule has 0 aliphatic rings. The van der Waals surface area contributed by atoms with Crippen LogP contribution in [0.15, 0.2) is 48.5 Å². The number of para-hydroxylation sites is 1. The van der Waals surface area contributed by atoms with Crippen LogP contribution in [0.4, 0.5) is 5.69 Å². The molecule has 0 atom stereocenters. The molecular formula is C15H15ClN2O. The molecule has 0 unspecified atom stereocenters. The van der Waals surface area contributed by atoms with Gasteiger partial charge in [-0.05, 0) is 23.3 Å². The quantitative estimate of drug-likeness (QED) is 0.881. The first-order valence-corrected chi connectivity index (χ1v) is 6.38. The second kappa shape index (κ2) is 6.25. The maximum absolute atomic E-state index is 11.0. The molecule has 0 saturated heterocycles. The van der Waals surface area contributed by atoms with Crippen LogP contribution in [0.1, 0.15) is 11.1 Å². The maximum Gasteiger partial charge on any atom is 0.221 e. The minimum Gasteiger partial charge on any atom is -0.381 e. The van der Waals surface area contributed by atoms with Crippen molar-refractivity contribution in [2.75, 3.05) is 5.32 Å². The van der Waals surface area contributed by atoms with Crippen LogP contribution in [-0.4, -0.2) is 5.91 Å². The van der Waals surface area contributed by atoms with E-state index < -0.39 is 0 Å². The molecule has 0 radical (unpaired) electrons. The molecule has 2 rings (SSSR count). The van der Waals surface area contributed by atoms with Gasteiger partial charge in [-0.15, -0.1) is 0 Å². The number of halogens is 1. The average molecular weight is 275 g/mol. The number of nitrogens with one attached hydrogen (secondary N) is 1. The van der Waals surface area contributed by atoms with Gasteiger partial charge < -0.3 is 11.1 Å². The number of carbonyl (C=O) groups excluding carboxylic acids is 1. The Balaban J connectivity index is 2.11. The minimum absolute atomic E-state index is 0.228. The van der Waals surface area contributed by atoms with E-state index in [1.54, 1.807) is 0 Å². The predicted molar refractivity (Wildman–Crippen MR) is 78.1 cm³/mol. The largest absolute Gasteiger partial charge is 0.381 e. The predicted octanol–water partition coefficient (Wildman–Crippen LogP) is 2.98. The van der Waals surface area contributed by atoms with Gasteiger partial charge in [0.25, 0.3) is 0 Å². The Labute approximate surface area is 117 Å². The normalized spacial score (nSPS) is 10.2. The van der Waals surface area contributed by atoms with Crippen LogP contribution in [-0.2, 0) is 17.8 Å². The summed E-state index contributed by atoms with van der Waals surface area (Å²) in [6, 6.07) is 15.3. The lowest BCUT2D eigenvalue weighted by atomic mass is 10.1. The van der Waals surface area contributed by atoms with Gasteiger partial charge in [0, 0.05) is 17.3 Å². The van der Waals surface area contributed by atoms with Gasteiger partial charge in [-0.1, -0.05) is 48.0 Å². The summed E-state index contributed by atoms with van der Waals surface area (Å²) in [5, 5.41) is 4.01. The number of nitrogens with two attached hydrogens (primary N) is 1.